The molecule has 0 bridgehead atoms. The highest BCUT2D eigenvalue weighted by Gasteiger charge is 2.29. The van der Waals surface area contributed by atoms with Crippen molar-refractivity contribution in [2.75, 3.05) is 6.61 Å². The molecule has 0 aliphatic heterocycles. The van der Waals surface area contributed by atoms with Gasteiger partial charge in [0.2, 0.25) is 5.78 Å². The lowest BCUT2D eigenvalue weighted by atomic mass is 10.1. The first kappa shape index (κ1) is 12.0. The molecule has 0 saturated carbocycles. The second kappa shape index (κ2) is 5.75. The van der Waals surface area contributed by atoms with Crippen LogP contribution in [0.2, 0.25) is 0 Å². The zero-order valence-electron chi connectivity index (χ0n) is 8.75. The molecule has 1 atom stereocenters. The molecule has 0 amide bonds. The van der Waals surface area contributed by atoms with Crippen molar-refractivity contribution in [2.45, 2.75) is 13.0 Å². The molecule has 0 heterocycles. The average Bonchev–Trinajstić information content (AvgIpc) is 2.31. The van der Waals surface area contributed by atoms with Gasteiger partial charge in [0.1, 0.15) is 0 Å². The Hall–Kier alpha value is -2.04. The van der Waals surface area contributed by atoms with E-state index in [2.05, 4.69) is 9.91 Å². The van der Waals surface area contributed by atoms with Crippen LogP contribution in [0.3, 0.4) is 0 Å². The van der Waals surface area contributed by atoms with E-state index in [1.54, 1.807) is 25.1 Å². The van der Waals surface area contributed by atoms with Crippen LogP contribution in [0.4, 0.5) is 0 Å². The van der Waals surface area contributed by atoms with Crippen molar-refractivity contribution in [1.82, 2.24) is 0 Å². The van der Waals surface area contributed by atoms with Crippen LogP contribution >= 0.6 is 0 Å². The first-order chi connectivity index (χ1) is 7.70. The van der Waals surface area contributed by atoms with Gasteiger partial charge >= 0.3 is 5.97 Å². The number of benzene rings is 1. The summed E-state index contributed by atoms with van der Waals surface area (Å²) in [6.07, 6.45) is 0. The summed E-state index contributed by atoms with van der Waals surface area (Å²) < 4.78 is 4.58. The van der Waals surface area contributed by atoms with Crippen LogP contribution in [0.25, 0.3) is 0 Å². The third-order valence-electron chi connectivity index (χ3n) is 1.92. The van der Waals surface area contributed by atoms with E-state index in [9.17, 15) is 14.5 Å². The van der Waals surface area contributed by atoms with E-state index in [4.69, 9.17) is 0 Å². The van der Waals surface area contributed by atoms with Crippen molar-refractivity contribution in [3.63, 3.8) is 0 Å². The Labute approximate surface area is 92.4 Å². The number of hydrogen-bond donors (Lipinski definition) is 0. The van der Waals surface area contributed by atoms with Gasteiger partial charge in [-0.15, -0.1) is 4.91 Å². The second-order valence-electron chi connectivity index (χ2n) is 2.99. The number of ether oxygens (including phenoxy) is 1. The SMILES string of the molecule is CCOC(=O)[C@H](N=O)C(=O)c1ccccc1. The summed E-state index contributed by atoms with van der Waals surface area (Å²) in [6.45, 7) is 1.69. The molecular weight excluding hydrogens is 210 g/mol. The number of carbonyl (C=O) groups is 2. The second-order valence-corrected chi connectivity index (χ2v) is 2.99. The molecule has 0 aliphatic carbocycles. The highest BCUT2D eigenvalue weighted by atomic mass is 16.5. The number of Topliss-reactive ketones (excluding diaryl/α,β-unsaturated/α-hetero) is 1. The highest BCUT2D eigenvalue weighted by molar-refractivity contribution is 6.12. The summed E-state index contributed by atoms with van der Waals surface area (Å²) in [5.41, 5.74) is 0.264. The lowest BCUT2D eigenvalue weighted by Gasteiger charge is -2.06. The van der Waals surface area contributed by atoms with Crippen molar-refractivity contribution in [2.24, 2.45) is 5.18 Å². The van der Waals surface area contributed by atoms with Gasteiger partial charge in [-0.3, -0.25) is 4.79 Å². The maximum absolute atomic E-state index is 11.7. The van der Waals surface area contributed by atoms with E-state index in [0.717, 1.165) is 0 Å². The van der Waals surface area contributed by atoms with E-state index < -0.39 is 17.8 Å². The summed E-state index contributed by atoms with van der Waals surface area (Å²) in [6, 6.07) is 6.42. The maximum Gasteiger partial charge on any atom is 0.342 e. The Kier molecular flexibility index (Phi) is 4.32. The van der Waals surface area contributed by atoms with Crippen LogP contribution in [-0.4, -0.2) is 24.4 Å². The molecule has 5 heteroatoms. The zero-order valence-corrected chi connectivity index (χ0v) is 8.75. The fourth-order valence-corrected chi connectivity index (χ4v) is 1.18. The van der Waals surface area contributed by atoms with Crippen LogP contribution in [-0.2, 0) is 9.53 Å². The molecule has 0 spiro atoms. The van der Waals surface area contributed by atoms with Gasteiger partial charge in [-0.25, -0.2) is 4.79 Å². The number of nitrogens with zero attached hydrogens (tertiary/aromatic N) is 1. The summed E-state index contributed by atoms with van der Waals surface area (Å²) in [5.74, 6) is -1.56. The monoisotopic (exact) mass is 221 g/mol. The van der Waals surface area contributed by atoms with Gasteiger partial charge in [-0.1, -0.05) is 30.3 Å². The van der Waals surface area contributed by atoms with Crippen molar-refractivity contribution in [3.8, 4) is 0 Å². The van der Waals surface area contributed by atoms with Crippen molar-refractivity contribution < 1.29 is 14.3 Å². The molecule has 0 unspecified atom stereocenters. The van der Waals surface area contributed by atoms with Crippen molar-refractivity contribution >= 4 is 11.8 Å². The number of rotatable bonds is 5. The van der Waals surface area contributed by atoms with Crippen LogP contribution in [0.5, 0.6) is 0 Å². The fraction of sp³-hybridized carbons (Fsp3) is 0.273. The van der Waals surface area contributed by atoms with Gasteiger partial charge in [-0.05, 0) is 12.1 Å². The minimum absolute atomic E-state index is 0.104. The first-order valence-corrected chi connectivity index (χ1v) is 4.79. The summed E-state index contributed by atoms with van der Waals surface area (Å²) >= 11 is 0. The molecule has 0 aliphatic rings. The predicted octanol–water partition coefficient (Wildman–Crippen LogP) is 1.57. The molecule has 5 nitrogen and oxygen atoms in total. The largest absolute Gasteiger partial charge is 0.464 e. The smallest absolute Gasteiger partial charge is 0.342 e. The van der Waals surface area contributed by atoms with Gasteiger partial charge < -0.3 is 4.74 Å². The van der Waals surface area contributed by atoms with E-state index in [1.807, 2.05) is 0 Å². The molecule has 0 aromatic heterocycles. The van der Waals surface area contributed by atoms with Crippen molar-refractivity contribution in [3.05, 3.63) is 40.8 Å². The van der Waals surface area contributed by atoms with Crippen LogP contribution in [0, 0.1) is 4.91 Å². The number of hydrogen-bond acceptors (Lipinski definition) is 5. The average molecular weight is 221 g/mol. The van der Waals surface area contributed by atoms with Gasteiger partial charge in [-0.2, -0.15) is 0 Å². The third kappa shape index (κ3) is 2.73. The van der Waals surface area contributed by atoms with E-state index >= 15 is 0 Å². The number of carbonyl (C=O) groups excluding carboxylic acids is 2. The van der Waals surface area contributed by atoms with E-state index in [0.29, 0.717) is 0 Å². The minimum Gasteiger partial charge on any atom is -0.464 e. The fourth-order valence-electron chi connectivity index (χ4n) is 1.18. The lowest BCUT2D eigenvalue weighted by molar-refractivity contribution is -0.143. The first-order valence-electron chi connectivity index (χ1n) is 4.79. The molecule has 0 saturated heterocycles. The Morgan fingerprint density at radius 2 is 1.94 bits per heavy atom. The van der Waals surface area contributed by atoms with Gasteiger partial charge in [0.15, 0.2) is 0 Å². The van der Waals surface area contributed by atoms with Crippen molar-refractivity contribution in [1.29, 1.82) is 0 Å². The summed E-state index contributed by atoms with van der Waals surface area (Å²) in [4.78, 5) is 33.4. The highest BCUT2D eigenvalue weighted by Crippen LogP contribution is 2.07. The molecule has 0 radical (unpaired) electrons. The van der Waals surface area contributed by atoms with Crippen LogP contribution in [0.15, 0.2) is 35.5 Å². The predicted molar refractivity (Wildman–Crippen MR) is 57.0 cm³/mol. The molecule has 84 valence electrons. The zero-order chi connectivity index (χ0) is 12.0. The molecule has 1 aromatic rings. The number of ketones is 1. The molecule has 1 aromatic carbocycles. The lowest BCUT2D eigenvalue weighted by Crippen LogP contribution is -2.30. The van der Waals surface area contributed by atoms with Gasteiger partial charge in [0, 0.05) is 5.56 Å². The topological polar surface area (TPSA) is 72.8 Å². The molecule has 1 rings (SSSR count). The molecule has 16 heavy (non-hydrogen) atoms. The standard InChI is InChI=1S/C11H11NO4/c1-2-16-11(14)9(12-15)10(13)8-6-4-3-5-7-8/h3-7,9H,2H2,1H3/t9-/m1/s1. The summed E-state index contributed by atoms with van der Waals surface area (Å²) in [5, 5.41) is 2.51. The van der Waals surface area contributed by atoms with Gasteiger partial charge in [0.25, 0.3) is 6.04 Å². The maximum atomic E-state index is 11.7. The molecule has 0 N–H and O–H groups in total. The van der Waals surface area contributed by atoms with E-state index in [1.165, 1.54) is 12.1 Å². The number of nitroso groups, excluding NO2 is 1. The summed E-state index contributed by atoms with van der Waals surface area (Å²) in [7, 11) is 0. The Morgan fingerprint density at radius 3 is 2.44 bits per heavy atom. The minimum atomic E-state index is -1.61. The van der Waals surface area contributed by atoms with Crippen LogP contribution in [0.1, 0.15) is 17.3 Å². The third-order valence-corrected chi connectivity index (χ3v) is 1.92. The molecular formula is C11H11NO4. The van der Waals surface area contributed by atoms with Crippen LogP contribution < -0.4 is 0 Å². The Bertz CT molecular complexity index is 388. The normalized spacial score (nSPS) is 11.6. The van der Waals surface area contributed by atoms with Gasteiger partial charge in [0.05, 0.1) is 6.61 Å². The van der Waals surface area contributed by atoms with E-state index in [-0.39, 0.29) is 12.2 Å². The Morgan fingerprint density at radius 1 is 1.31 bits per heavy atom. The Balaban J connectivity index is 2.86. The quantitative estimate of drug-likeness (QED) is 0.327. The number of esters is 1. The molecule has 0 fully saturated rings.